The number of carboxylic acid groups (broad SMARTS) is 1. The number of anilines is 4. The highest BCUT2D eigenvalue weighted by molar-refractivity contribution is 14.0. The molecule has 4 heterocycles. The van der Waals surface area contributed by atoms with Crippen LogP contribution in [0, 0.1) is 11.8 Å². The van der Waals surface area contributed by atoms with Crippen molar-refractivity contribution in [1.82, 2.24) is 38.2 Å². The van der Waals surface area contributed by atoms with Gasteiger partial charge >= 0.3 is 34.7 Å². The minimum atomic E-state index is -1.12. The second kappa shape index (κ2) is 26.0. The summed E-state index contributed by atoms with van der Waals surface area (Å²) in [6.07, 6.45) is 3.25. The summed E-state index contributed by atoms with van der Waals surface area (Å²) >= 11 is 12.0. The SMILES string of the molecule is COC(=O)[C@@H](C)Cn1c(=O)nc(Nc2ccc(Oc3ccccn3)cc2)n(Cc2ccc(Cl)cc2)c1=O.C[C@@H](Cn1c(=O)nc(Nc2ccc(Oc3ccccn3)cc2)n(Cc2ccc(Cl)cc2)c1=O)C(=O)O.I. The average Bonchev–Trinajstić information content (AvgIpc) is 3.39. The number of benzene rings is 4. The Kier molecular flexibility index (Phi) is 19.4. The van der Waals surface area contributed by atoms with Gasteiger partial charge in [-0.2, -0.15) is 9.97 Å². The Balaban J connectivity index is 0.000000238. The van der Waals surface area contributed by atoms with E-state index in [9.17, 15) is 33.9 Å². The van der Waals surface area contributed by atoms with E-state index in [2.05, 4.69) is 30.6 Å². The summed E-state index contributed by atoms with van der Waals surface area (Å²) in [7, 11) is 1.25. The van der Waals surface area contributed by atoms with Crippen molar-refractivity contribution < 1.29 is 28.9 Å². The highest BCUT2D eigenvalue weighted by atomic mass is 127. The van der Waals surface area contributed by atoms with Crippen molar-refractivity contribution in [3.05, 3.63) is 209 Å². The first-order valence-electron chi connectivity index (χ1n) is 22.3. The maximum absolute atomic E-state index is 13.4. The molecule has 20 nitrogen and oxygen atoms in total. The van der Waals surface area contributed by atoms with E-state index in [1.807, 2.05) is 12.1 Å². The molecule has 8 rings (SSSR count). The summed E-state index contributed by atoms with van der Waals surface area (Å²) in [6.45, 7) is 2.70. The number of carbonyl (C=O) groups is 2. The molecule has 0 unspecified atom stereocenters. The van der Waals surface area contributed by atoms with E-state index in [0.717, 1.165) is 20.3 Å². The highest BCUT2D eigenvalue weighted by Gasteiger charge is 2.22. The lowest BCUT2D eigenvalue weighted by molar-refractivity contribution is -0.145. The molecule has 0 aliphatic carbocycles. The van der Waals surface area contributed by atoms with Crippen LogP contribution in [0.5, 0.6) is 23.3 Å². The number of halogens is 3. The van der Waals surface area contributed by atoms with Gasteiger partial charge in [0, 0.05) is 59.0 Å². The zero-order valence-electron chi connectivity index (χ0n) is 39.7. The maximum atomic E-state index is 13.4. The predicted octanol–water partition coefficient (Wildman–Crippen LogP) is 8.22. The fraction of sp³-hybridized carbons (Fsp3) is 0.176. The molecule has 8 aromatic rings. The molecular formula is C51H47Cl2IN10O10. The van der Waals surface area contributed by atoms with Crippen molar-refractivity contribution in [3.63, 3.8) is 0 Å². The normalized spacial score (nSPS) is 11.4. The van der Waals surface area contributed by atoms with Crippen LogP contribution in [0.3, 0.4) is 0 Å². The molecule has 74 heavy (non-hydrogen) atoms. The number of carbonyl (C=O) groups excluding carboxylic acids is 1. The van der Waals surface area contributed by atoms with E-state index in [4.69, 9.17) is 37.4 Å². The molecule has 0 saturated heterocycles. The molecule has 4 aromatic heterocycles. The summed E-state index contributed by atoms with van der Waals surface area (Å²) in [5.74, 6) is -1.28. The molecule has 382 valence electrons. The van der Waals surface area contributed by atoms with Crippen LogP contribution in [-0.2, 0) is 40.5 Å². The van der Waals surface area contributed by atoms with Crippen LogP contribution >= 0.6 is 47.2 Å². The first-order valence-corrected chi connectivity index (χ1v) is 23.0. The predicted molar refractivity (Wildman–Crippen MR) is 288 cm³/mol. The summed E-state index contributed by atoms with van der Waals surface area (Å²) in [5.41, 5.74) is -0.312. The quantitative estimate of drug-likeness (QED) is 0.0541. The van der Waals surface area contributed by atoms with Gasteiger partial charge in [-0.15, -0.1) is 24.0 Å². The van der Waals surface area contributed by atoms with Crippen molar-refractivity contribution in [2.24, 2.45) is 11.8 Å². The molecule has 0 fully saturated rings. The number of rotatable bonds is 18. The van der Waals surface area contributed by atoms with E-state index in [1.54, 1.807) is 141 Å². The zero-order valence-corrected chi connectivity index (χ0v) is 43.5. The summed E-state index contributed by atoms with van der Waals surface area (Å²) < 4.78 is 20.5. The van der Waals surface area contributed by atoms with Gasteiger partial charge < -0.3 is 30.0 Å². The van der Waals surface area contributed by atoms with Gasteiger partial charge in [0.1, 0.15) is 11.5 Å². The van der Waals surface area contributed by atoms with Gasteiger partial charge in [0.2, 0.25) is 23.7 Å². The fourth-order valence-electron chi connectivity index (χ4n) is 6.82. The number of hydrogen-bond acceptors (Lipinski definition) is 15. The minimum absolute atomic E-state index is 0. The van der Waals surface area contributed by atoms with Crippen molar-refractivity contribution in [1.29, 1.82) is 0 Å². The monoisotopic (exact) mass is 1160 g/mol. The maximum Gasteiger partial charge on any atom is 0.354 e. The molecule has 2 atom stereocenters. The van der Waals surface area contributed by atoms with Gasteiger partial charge in [-0.1, -0.05) is 73.4 Å². The third-order valence-electron chi connectivity index (χ3n) is 10.7. The third kappa shape index (κ3) is 15.0. The van der Waals surface area contributed by atoms with Gasteiger partial charge in [-0.05, 0) is 96.1 Å². The van der Waals surface area contributed by atoms with E-state index < -0.39 is 46.5 Å². The number of aromatic nitrogens is 8. The second-order valence-corrected chi connectivity index (χ2v) is 17.0. The van der Waals surface area contributed by atoms with E-state index in [-0.39, 0.29) is 62.1 Å². The molecule has 0 radical (unpaired) electrons. The van der Waals surface area contributed by atoms with Crippen LogP contribution in [-0.4, -0.2) is 62.4 Å². The van der Waals surface area contributed by atoms with Crippen LogP contribution in [0.25, 0.3) is 0 Å². The van der Waals surface area contributed by atoms with Crippen LogP contribution in [0.15, 0.2) is 165 Å². The third-order valence-corrected chi connectivity index (χ3v) is 11.2. The molecule has 0 spiro atoms. The van der Waals surface area contributed by atoms with E-state index in [1.165, 1.54) is 23.2 Å². The smallest absolute Gasteiger partial charge is 0.354 e. The molecule has 23 heteroatoms. The summed E-state index contributed by atoms with van der Waals surface area (Å²) in [4.78, 5) is 91.8. The molecule has 0 saturated carbocycles. The number of nitrogens with one attached hydrogen (secondary N) is 2. The number of pyridine rings is 2. The van der Waals surface area contributed by atoms with Gasteiger partial charge in [-0.25, -0.2) is 38.3 Å². The lowest BCUT2D eigenvalue weighted by Gasteiger charge is -2.17. The number of methoxy groups -OCH3 is 1. The Bertz CT molecular complexity index is 3420. The van der Waals surface area contributed by atoms with Crippen molar-refractivity contribution in [3.8, 4) is 23.3 Å². The van der Waals surface area contributed by atoms with Crippen molar-refractivity contribution >= 4 is 82.4 Å². The number of nitrogens with zero attached hydrogens (tertiary/aromatic N) is 8. The second-order valence-electron chi connectivity index (χ2n) is 16.1. The van der Waals surface area contributed by atoms with Crippen LogP contribution < -0.4 is 42.9 Å². The van der Waals surface area contributed by atoms with Crippen LogP contribution in [0.1, 0.15) is 25.0 Å². The molecule has 3 N–H and O–H groups in total. The molecule has 0 aliphatic heterocycles. The molecule has 4 aromatic carbocycles. The molecule has 0 aliphatic rings. The number of ether oxygens (including phenoxy) is 3. The first kappa shape index (κ1) is 55.2. The lowest BCUT2D eigenvalue weighted by atomic mass is 10.2. The van der Waals surface area contributed by atoms with Gasteiger partial charge in [-0.3, -0.25) is 18.7 Å². The van der Waals surface area contributed by atoms with E-state index in [0.29, 0.717) is 44.7 Å². The Morgan fingerprint density at radius 1 is 0.568 bits per heavy atom. The number of hydrogen-bond donors (Lipinski definition) is 3. The van der Waals surface area contributed by atoms with Crippen molar-refractivity contribution in [2.75, 3.05) is 17.7 Å². The zero-order chi connectivity index (χ0) is 52.0. The standard InChI is InChI=1S/C26H24ClN5O5.C25H22ClN5O5.HI/c1-17(23(33)36-2)15-32-25(34)30-24(31(26(32)35)16-18-6-8-19(27)9-7-18)29-20-10-12-21(13-11-20)37-22-5-3-4-14-28-22;1-16(22(32)33)14-31-24(34)29-23(30(25(31)35)15-17-5-7-18(26)8-6-17)28-19-9-11-20(12-10-19)36-21-4-2-3-13-27-21;/h3-14,17H,15-16H2,1-2H3,(H,29,30,34);2-13,16H,14-15H2,1H3,(H,32,33)(H,28,29,34);1H/t17-;16-;/m00./s1. The van der Waals surface area contributed by atoms with Crippen molar-refractivity contribution in [2.45, 2.75) is 40.0 Å². The Morgan fingerprint density at radius 2 is 0.959 bits per heavy atom. The Labute approximate surface area is 448 Å². The average molecular weight is 1160 g/mol. The molecular weight excluding hydrogens is 1110 g/mol. The topological polar surface area (TPSA) is 246 Å². The summed E-state index contributed by atoms with van der Waals surface area (Å²) in [6, 6.07) is 38.2. The summed E-state index contributed by atoms with van der Waals surface area (Å²) in [5, 5.41) is 16.4. The largest absolute Gasteiger partial charge is 0.481 e. The Morgan fingerprint density at radius 3 is 1.31 bits per heavy atom. The fourth-order valence-corrected chi connectivity index (χ4v) is 7.07. The van der Waals surface area contributed by atoms with Gasteiger partial charge in [0.15, 0.2) is 0 Å². The van der Waals surface area contributed by atoms with Gasteiger partial charge in [0.25, 0.3) is 0 Å². The first-order chi connectivity index (χ1) is 35.1. The highest BCUT2D eigenvalue weighted by Crippen LogP contribution is 2.25. The van der Waals surface area contributed by atoms with E-state index >= 15 is 0 Å². The minimum Gasteiger partial charge on any atom is -0.481 e. The molecule has 0 bridgehead atoms. The number of aliphatic carboxylic acids is 1. The number of esters is 1. The van der Waals surface area contributed by atoms with Crippen LogP contribution in [0.4, 0.5) is 23.3 Å². The Hall–Kier alpha value is -8.15. The molecule has 0 amide bonds. The van der Waals surface area contributed by atoms with Crippen LogP contribution in [0.2, 0.25) is 10.0 Å². The van der Waals surface area contributed by atoms with Gasteiger partial charge in [0.05, 0.1) is 32.0 Å². The number of carboxylic acids is 1. The lowest BCUT2D eigenvalue weighted by Crippen LogP contribution is -2.44.